The monoisotopic (exact) mass is 1190 g/mol. The molecule has 6 aromatic carbocycles. The fourth-order valence-corrected chi connectivity index (χ4v) is 8.82. The van der Waals surface area contributed by atoms with Crippen LogP contribution in [-0.2, 0) is 34.6 Å². The van der Waals surface area contributed by atoms with Gasteiger partial charge in [0.05, 0.1) is 0 Å². The highest BCUT2D eigenvalue weighted by atomic mass is 19.3. The average Bonchev–Trinajstić information content (AvgIpc) is 3.63. The van der Waals surface area contributed by atoms with Crippen molar-refractivity contribution in [2.75, 3.05) is 19.6 Å². The molecule has 3 atom stereocenters. The summed E-state index contributed by atoms with van der Waals surface area (Å²) in [7, 11) is 0. The summed E-state index contributed by atoms with van der Waals surface area (Å²) in [6.07, 6.45) is 3.73. The lowest BCUT2D eigenvalue weighted by Crippen LogP contribution is -2.50. The Morgan fingerprint density at radius 2 is 0.541 bits per heavy atom. The van der Waals surface area contributed by atoms with Crippen LogP contribution in [0.4, 0.5) is 52.7 Å². The zero-order chi connectivity index (χ0) is 61.6. The fourth-order valence-electron chi connectivity index (χ4n) is 8.82. The molecule has 0 aliphatic rings. The van der Waals surface area contributed by atoms with Gasteiger partial charge >= 0.3 is 17.8 Å². The molecule has 9 aromatic rings. The van der Waals surface area contributed by atoms with Crippen LogP contribution in [0.15, 0.2) is 182 Å². The standard InChI is InChI=1S/3C21H18F4N2O.CH4/c3*1-13-2-4-14(5-3-13)15-6-9-19(27-11-15)21(24,25)20(28,12-26)17-8-7-16(22)10-18(17)23;/h3*2-11,28H,12,26H2,1H3;1H4/t2*20-;;/m10../s1. The number of aliphatic hydroxyl groups is 3. The predicted molar refractivity (Wildman–Crippen MR) is 300 cm³/mol. The second-order valence-electron chi connectivity index (χ2n) is 19.7. The summed E-state index contributed by atoms with van der Waals surface area (Å²) in [5.74, 6) is -18.9. The Morgan fingerprint density at radius 3 is 0.718 bits per heavy atom. The van der Waals surface area contributed by atoms with E-state index < -0.39 is 123 Å². The first-order valence-electron chi connectivity index (χ1n) is 25.4. The summed E-state index contributed by atoms with van der Waals surface area (Å²) < 4.78 is 172. The third-order valence-corrected chi connectivity index (χ3v) is 14.0. The van der Waals surface area contributed by atoms with Gasteiger partial charge in [-0.3, -0.25) is 15.0 Å². The minimum Gasteiger partial charge on any atom is -0.377 e. The second-order valence-corrected chi connectivity index (χ2v) is 19.7. The van der Waals surface area contributed by atoms with Crippen LogP contribution in [0, 0.1) is 55.7 Å². The van der Waals surface area contributed by atoms with Gasteiger partial charge < -0.3 is 32.5 Å². The Bertz CT molecular complexity index is 3310. The van der Waals surface area contributed by atoms with E-state index in [4.69, 9.17) is 17.2 Å². The molecule has 0 spiro atoms. The highest BCUT2D eigenvalue weighted by molar-refractivity contribution is 5.65. The number of rotatable bonds is 15. The molecule has 1 unspecified atom stereocenters. The van der Waals surface area contributed by atoms with E-state index in [2.05, 4.69) is 15.0 Å². The minimum absolute atomic E-state index is 0. The van der Waals surface area contributed by atoms with E-state index in [0.29, 0.717) is 34.9 Å². The van der Waals surface area contributed by atoms with Crippen molar-refractivity contribution in [2.45, 2.75) is 62.8 Å². The molecule has 9 N–H and O–H groups in total. The summed E-state index contributed by atoms with van der Waals surface area (Å²) in [5.41, 5.74) is 9.45. The third kappa shape index (κ3) is 13.5. The van der Waals surface area contributed by atoms with Crippen LogP contribution in [0.5, 0.6) is 0 Å². The molecule has 0 bridgehead atoms. The van der Waals surface area contributed by atoms with Gasteiger partial charge in [0.15, 0.2) is 16.8 Å². The molecular weight excluding hydrogens is 1130 g/mol. The van der Waals surface area contributed by atoms with Crippen molar-refractivity contribution in [2.24, 2.45) is 17.2 Å². The van der Waals surface area contributed by atoms with Gasteiger partial charge in [-0.25, -0.2) is 26.3 Å². The highest BCUT2D eigenvalue weighted by Crippen LogP contribution is 2.48. The molecular formula is C64H58F12N6O3. The highest BCUT2D eigenvalue weighted by Gasteiger charge is 2.59. The summed E-state index contributed by atoms with van der Waals surface area (Å²) >= 11 is 0. The van der Waals surface area contributed by atoms with Crippen LogP contribution in [-0.4, -0.2) is 49.9 Å². The summed E-state index contributed by atoms with van der Waals surface area (Å²) in [6, 6.07) is 35.5. The first kappa shape index (κ1) is 65.8. The van der Waals surface area contributed by atoms with Crippen LogP contribution in [0.1, 0.15) is 57.9 Å². The number of nitrogens with zero attached hydrogens (tertiary/aromatic N) is 3. The number of hydrogen-bond acceptors (Lipinski definition) is 9. The molecule has 3 aromatic heterocycles. The maximum Gasteiger partial charge on any atom is 0.323 e. The van der Waals surface area contributed by atoms with E-state index in [-0.39, 0.29) is 7.43 Å². The Hall–Kier alpha value is -8.31. The SMILES string of the molecule is C.Cc1ccc(-c2ccc(C(F)(F)C(O)(CN)c3ccc(F)cc3F)nc2)cc1.Cc1ccc(-c2ccc(C(F)(F)[C@@](O)(CN)c3ccc(F)cc3F)nc2)cc1.Cc1ccc(-c2ccc(C(F)(F)[C@](O)(CN)c3ccc(F)cc3F)nc2)cc1. The van der Waals surface area contributed by atoms with Gasteiger partial charge in [0, 0.05) is 89.8 Å². The van der Waals surface area contributed by atoms with E-state index in [1.165, 1.54) is 36.8 Å². The topological polar surface area (TPSA) is 177 Å². The lowest BCUT2D eigenvalue weighted by molar-refractivity contribution is -0.193. The molecule has 0 fully saturated rings. The van der Waals surface area contributed by atoms with Gasteiger partial charge in [-0.05, 0) is 73.9 Å². The van der Waals surface area contributed by atoms with Crippen molar-refractivity contribution in [3.8, 4) is 33.4 Å². The number of halogens is 12. The molecule has 3 heterocycles. The third-order valence-electron chi connectivity index (χ3n) is 14.0. The number of nitrogens with two attached hydrogens (primary N) is 3. The zero-order valence-electron chi connectivity index (χ0n) is 44.9. The number of alkyl halides is 6. The van der Waals surface area contributed by atoms with Gasteiger partial charge in [-0.15, -0.1) is 0 Å². The Morgan fingerprint density at radius 1 is 0.329 bits per heavy atom. The van der Waals surface area contributed by atoms with Crippen LogP contribution >= 0.6 is 0 Å². The fraction of sp³-hybridized carbons (Fsp3) is 0.203. The van der Waals surface area contributed by atoms with Crippen molar-refractivity contribution < 1.29 is 68.0 Å². The second kappa shape index (κ2) is 26.3. The summed E-state index contributed by atoms with van der Waals surface area (Å²) in [5, 5.41) is 31.8. The predicted octanol–water partition coefficient (Wildman–Crippen LogP) is 13.5. The van der Waals surface area contributed by atoms with Crippen molar-refractivity contribution in [1.29, 1.82) is 0 Å². The quantitative estimate of drug-likeness (QED) is 0.0545. The van der Waals surface area contributed by atoms with Crippen LogP contribution < -0.4 is 17.2 Å². The first-order valence-corrected chi connectivity index (χ1v) is 25.4. The Labute approximate surface area is 482 Å². The van der Waals surface area contributed by atoms with E-state index >= 15 is 26.3 Å². The van der Waals surface area contributed by atoms with Gasteiger partial charge in [0.1, 0.15) is 52.0 Å². The van der Waals surface area contributed by atoms with Gasteiger partial charge in [0.25, 0.3) is 0 Å². The molecule has 446 valence electrons. The van der Waals surface area contributed by atoms with Crippen LogP contribution in [0.2, 0.25) is 0 Å². The maximum absolute atomic E-state index is 15.1. The minimum atomic E-state index is -4.02. The lowest BCUT2D eigenvalue weighted by atomic mass is 9.84. The van der Waals surface area contributed by atoms with Crippen molar-refractivity contribution in [1.82, 2.24) is 15.0 Å². The first-order chi connectivity index (χ1) is 39.6. The molecule has 85 heavy (non-hydrogen) atoms. The van der Waals surface area contributed by atoms with Crippen molar-refractivity contribution >= 4 is 0 Å². The molecule has 0 radical (unpaired) electrons. The number of pyridine rings is 3. The van der Waals surface area contributed by atoms with Crippen LogP contribution in [0.25, 0.3) is 33.4 Å². The van der Waals surface area contributed by atoms with E-state index in [0.717, 1.165) is 88.0 Å². The number of benzene rings is 6. The van der Waals surface area contributed by atoms with E-state index in [1.54, 1.807) is 0 Å². The number of aromatic nitrogens is 3. The van der Waals surface area contributed by atoms with E-state index in [1.807, 2.05) is 93.6 Å². The smallest absolute Gasteiger partial charge is 0.323 e. The molecule has 0 aliphatic heterocycles. The van der Waals surface area contributed by atoms with Gasteiger partial charge in [-0.2, -0.15) is 26.3 Å². The van der Waals surface area contributed by atoms with Crippen molar-refractivity contribution in [3.05, 3.63) is 268 Å². The molecule has 0 aliphatic carbocycles. The van der Waals surface area contributed by atoms with Gasteiger partial charge in [0.2, 0.25) is 0 Å². The van der Waals surface area contributed by atoms with Crippen LogP contribution in [0.3, 0.4) is 0 Å². The lowest BCUT2D eigenvalue weighted by Gasteiger charge is -2.35. The molecule has 9 rings (SSSR count). The summed E-state index contributed by atoms with van der Waals surface area (Å²) in [4.78, 5) is 11.3. The van der Waals surface area contributed by atoms with Crippen molar-refractivity contribution in [3.63, 3.8) is 0 Å². The largest absolute Gasteiger partial charge is 0.377 e. The average molecular weight is 1190 g/mol. The van der Waals surface area contributed by atoms with E-state index in [9.17, 15) is 41.7 Å². The molecule has 0 amide bonds. The zero-order valence-corrected chi connectivity index (χ0v) is 44.9. The van der Waals surface area contributed by atoms with Gasteiger partial charge in [-0.1, -0.05) is 133 Å². The molecule has 21 heteroatoms. The Kier molecular flexibility index (Phi) is 20.4. The summed E-state index contributed by atoms with van der Waals surface area (Å²) in [6.45, 7) is 2.79. The maximum atomic E-state index is 15.1. The molecule has 0 saturated carbocycles. The number of aryl methyl sites for hydroxylation is 3. The number of hydrogen-bond donors (Lipinski definition) is 6. The Balaban J connectivity index is 0.000000203. The normalized spacial score (nSPS) is 13.8. The molecule has 0 saturated heterocycles. The molecule has 9 nitrogen and oxygen atoms in total.